The normalized spacial score (nSPS) is 23.0. The van der Waals surface area contributed by atoms with Gasteiger partial charge in [0, 0.05) is 30.0 Å². The summed E-state index contributed by atoms with van der Waals surface area (Å²) < 4.78 is 10.5. The maximum absolute atomic E-state index is 12.7. The fraction of sp³-hybridized carbons (Fsp3) is 0.421. The molecule has 0 saturated carbocycles. The first-order chi connectivity index (χ1) is 13.9. The first kappa shape index (κ1) is 21.5. The number of nitrogens with one attached hydrogen (secondary N) is 1. The van der Waals surface area contributed by atoms with E-state index in [0.29, 0.717) is 28.6 Å². The summed E-state index contributed by atoms with van der Waals surface area (Å²) in [6, 6.07) is 4.88. The Balaban J connectivity index is 1.65. The number of carbonyl (C=O) groups is 3. The highest BCUT2D eigenvalue weighted by molar-refractivity contribution is 8.18. The lowest BCUT2D eigenvalue weighted by molar-refractivity contribution is -0.124. The van der Waals surface area contributed by atoms with E-state index < -0.39 is 17.3 Å². The van der Waals surface area contributed by atoms with Crippen molar-refractivity contribution in [1.82, 2.24) is 10.2 Å². The molecule has 0 aliphatic carbocycles. The van der Waals surface area contributed by atoms with Gasteiger partial charge >= 0.3 is 0 Å². The molecular formula is C19H22N2O6S2. The van der Waals surface area contributed by atoms with Gasteiger partial charge in [-0.1, -0.05) is 0 Å². The Kier molecular flexibility index (Phi) is 7.09. The monoisotopic (exact) mass is 438 g/mol. The Bertz CT molecular complexity index is 844. The van der Waals surface area contributed by atoms with E-state index in [0.717, 1.165) is 16.7 Å². The van der Waals surface area contributed by atoms with E-state index in [1.165, 1.54) is 14.2 Å². The van der Waals surface area contributed by atoms with Gasteiger partial charge in [0.2, 0.25) is 5.91 Å². The lowest BCUT2D eigenvalue weighted by Gasteiger charge is -2.17. The zero-order valence-corrected chi connectivity index (χ0v) is 17.7. The van der Waals surface area contributed by atoms with Crippen molar-refractivity contribution in [3.8, 4) is 11.5 Å². The predicted molar refractivity (Wildman–Crippen MR) is 112 cm³/mol. The van der Waals surface area contributed by atoms with E-state index in [9.17, 15) is 19.5 Å². The molecule has 0 unspecified atom stereocenters. The number of ether oxygens (including phenoxy) is 2. The molecule has 29 heavy (non-hydrogen) atoms. The van der Waals surface area contributed by atoms with Gasteiger partial charge in [-0.25, -0.2) is 0 Å². The zero-order valence-electron chi connectivity index (χ0n) is 16.0. The fourth-order valence-electron chi connectivity index (χ4n) is 2.96. The number of imide groups is 1. The molecule has 0 spiro atoms. The zero-order chi connectivity index (χ0) is 21.0. The Morgan fingerprint density at radius 3 is 2.76 bits per heavy atom. The Labute approximate surface area is 177 Å². The van der Waals surface area contributed by atoms with Gasteiger partial charge in [-0.2, -0.15) is 11.8 Å². The minimum Gasteiger partial charge on any atom is -0.497 e. The number of benzene rings is 1. The highest BCUT2D eigenvalue weighted by Crippen LogP contribution is 2.35. The van der Waals surface area contributed by atoms with Crippen molar-refractivity contribution in [2.75, 3.05) is 32.3 Å². The lowest BCUT2D eigenvalue weighted by Crippen LogP contribution is -2.43. The van der Waals surface area contributed by atoms with Gasteiger partial charge in [0.05, 0.1) is 31.3 Å². The summed E-state index contributed by atoms with van der Waals surface area (Å²) in [4.78, 5) is 38.3. The number of nitrogens with zero attached hydrogens (tertiary/aromatic N) is 1. The molecule has 1 aromatic carbocycles. The predicted octanol–water partition coefficient (Wildman–Crippen LogP) is 1.72. The first-order valence-corrected chi connectivity index (χ1v) is 10.9. The van der Waals surface area contributed by atoms with Crippen molar-refractivity contribution in [3.05, 3.63) is 28.7 Å². The third-order valence-corrected chi connectivity index (χ3v) is 6.64. The van der Waals surface area contributed by atoms with Crippen LogP contribution in [0, 0.1) is 0 Å². The number of hydrogen-bond acceptors (Lipinski definition) is 8. The van der Waals surface area contributed by atoms with E-state index in [1.54, 1.807) is 36.0 Å². The number of aliphatic hydroxyl groups excluding tert-OH is 1. The molecule has 2 aliphatic heterocycles. The van der Waals surface area contributed by atoms with Crippen LogP contribution >= 0.6 is 23.5 Å². The average Bonchev–Trinajstić information content (AvgIpc) is 3.22. The standard InChI is InChI=1S/C19H22N2O6S2/c1-26-12-3-4-15(27-2)11(7-12)8-16-18(24)21(19(25)29-16)6-5-17(23)20-13-9-28-10-14(13)22/h3-4,7-8,13-14,22H,5-6,9-10H2,1-2H3,(H,20,23)/b16-8-/t13-,14-/m1/s1. The molecule has 2 saturated heterocycles. The first-order valence-electron chi connectivity index (χ1n) is 8.95. The largest absolute Gasteiger partial charge is 0.497 e. The maximum Gasteiger partial charge on any atom is 0.293 e. The van der Waals surface area contributed by atoms with Crippen LogP contribution in [0.1, 0.15) is 12.0 Å². The van der Waals surface area contributed by atoms with Gasteiger partial charge in [-0.3, -0.25) is 19.3 Å². The summed E-state index contributed by atoms with van der Waals surface area (Å²) >= 11 is 2.39. The minimum atomic E-state index is -0.568. The van der Waals surface area contributed by atoms with E-state index >= 15 is 0 Å². The molecule has 3 rings (SSSR count). The molecule has 2 atom stereocenters. The summed E-state index contributed by atoms with van der Waals surface area (Å²) in [6.45, 7) is -0.0148. The summed E-state index contributed by atoms with van der Waals surface area (Å²) in [6.07, 6.45) is 1.00. The second-order valence-corrected chi connectivity index (χ2v) is 8.54. The van der Waals surface area contributed by atoms with E-state index in [-0.39, 0.29) is 29.8 Å². The second-order valence-electron chi connectivity index (χ2n) is 6.47. The van der Waals surface area contributed by atoms with Gasteiger partial charge < -0.3 is 19.9 Å². The Hall–Kier alpha value is -2.17. The maximum atomic E-state index is 12.7. The van der Waals surface area contributed by atoms with Crippen molar-refractivity contribution >= 4 is 46.7 Å². The van der Waals surface area contributed by atoms with Crippen molar-refractivity contribution in [2.45, 2.75) is 18.6 Å². The molecule has 0 radical (unpaired) electrons. The van der Waals surface area contributed by atoms with Crippen molar-refractivity contribution in [3.63, 3.8) is 0 Å². The number of methoxy groups -OCH3 is 2. The third-order valence-electron chi connectivity index (χ3n) is 4.56. The number of carbonyl (C=O) groups excluding carboxylic acids is 3. The van der Waals surface area contributed by atoms with Crippen LogP contribution in [0.25, 0.3) is 6.08 Å². The molecule has 3 amide bonds. The molecule has 1 aromatic rings. The molecule has 2 fully saturated rings. The molecule has 0 bridgehead atoms. The lowest BCUT2D eigenvalue weighted by atomic mass is 10.1. The van der Waals surface area contributed by atoms with E-state index in [4.69, 9.17) is 9.47 Å². The Morgan fingerprint density at radius 1 is 1.31 bits per heavy atom. The van der Waals surface area contributed by atoms with Crippen LogP contribution in [-0.2, 0) is 9.59 Å². The van der Waals surface area contributed by atoms with Gasteiger partial charge in [0.25, 0.3) is 11.1 Å². The fourth-order valence-corrected chi connectivity index (χ4v) is 4.98. The quantitative estimate of drug-likeness (QED) is 0.620. The number of amides is 3. The minimum absolute atomic E-state index is 0.0122. The third kappa shape index (κ3) is 5.06. The van der Waals surface area contributed by atoms with E-state index in [1.807, 2.05) is 0 Å². The van der Waals surface area contributed by atoms with Gasteiger partial charge in [-0.05, 0) is 36.0 Å². The second kappa shape index (κ2) is 9.55. The molecule has 2 N–H and O–H groups in total. The van der Waals surface area contributed by atoms with Gasteiger partial charge in [0.15, 0.2) is 0 Å². The van der Waals surface area contributed by atoms with Crippen LogP contribution < -0.4 is 14.8 Å². The molecule has 2 aliphatic rings. The number of hydrogen-bond donors (Lipinski definition) is 2. The van der Waals surface area contributed by atoms with Gasteiger partial charge in [0.1, 0.15) is 11.5 Å². The summed E-state index contributed by atoms with van der Waals surface area (Å²) in [5.41, 5.74) is 0.614. The van der Waals surface area contributed by atoms with Crippen molar-refractivity contribution in [1.29, 1.82) is 0 Å². The number of rotatable bonds is 7. The summed E-state index contributed by atoms with van der Waals surface area (Å²) in [5, 5.41) is 12.1. The Morgan fingerprint density at radius 2 is 2.10 bits per heavy atom. The smallest absolute Gasteiger partial charge is 0.293 e. The highest BCUT2D eigenvalue weighted by atomic mass is 32.2. The molecular weight excluding hydrogens is 416 g/mol. The van der Waals surface area contributed by atoms with Crippen LogP contribution in [-0.4, -0.2) is 71.5 Å². The summed E-state index contributed by atoms with van der Waals surface area (Å²) in [7, 11) is 3.05. The van der Waals surface area contributed by atoms with Crippen LogP contribution in [0.15, 0.2) is 23.1 Å². The van der Waals surface area contributed by atoms with Crippen LogP contribution in [0.3, 0.4) is 0 Å². The molecule has 156 valence electrons. The average molecular weight is 439 g/mol. The molecule has 8 nitrogen and oxygen atoms in total. The SMILES string of the molecule is COc1ccc(OC)c(/C=C2\SC(=O)N(CCC(=O)N[C@@H]3CSC[C@H]3O)C2=O)c1. The number of aliphatic hydroxyl groups is 1. The van der Waals surface area contributed by atoms with E-state index in [2.05, 4.69) is 5.32 Å². The molecule has 2 heterocycles. The number of thioether (sulfide) groups is 2. The van der Waals surface area contributed by atoms with Crippen LogP contribution in [0.2, 0.25) is 0 Å². The van der Waals surface area contributed by atoms with Crippen LogP contribution in [0.4, 0.5) is 4.79 Å². The highest BCUT2D eigenvalue weighted by Gasteiger charge is 2.35. The topological polar surface area (TPSA) is 105 Å². The van der Waals surface area contributed by atoms with Crippen molar-refractivity contribution < 1.29 is 29.0 Å². The molecule has 10 heteroatoms. The summed E-state index contributed by atoms with van der Waals surface area (Å²) in [5.74, 6) is 1.64. The molecule has 0 aromatic heterocycles. The van der Waals surface area contributed by atoms with Crippen LogP contribution in [0.5, 0.6) is 11.5 Å². The van der Waals surface area contributed by atoms with Crippen molar-refractivity contribution in [2.24, 2.45) is 0 Å². The van der Waals surface area contributed by atoms with Gasteiger partial charge in [-0.15, -0.1) is 0 Å².